The highest BCUT2D eigenvalue weighted by Crippen LogP contribution is 2.21. The maximum absolute atomic E-state index is 12.1. The standard InChI is InChI=1S/C12H19NO2S.C11H15NO2.C11H16/c1-8(2)13-16(14,15)12-10(4)6-9(3)7-11(12)5;1-9(2)12-11(13)14-8-10-6-4-3-5-7-10;1-10(2)8-9-11-6-4-3-5-7-11/h6-8,13H,1-5H3;3-7,9H,8H2,1-2H3,(H,12,13);3-7,10H,8-9H2,1-2H3. The zero-order chi connectivity index (χ0) is 31.0. The third kappa shape index (κ3) is 15.4. The van der Waals surface area contributed by atoms with Crippen molar-refractivity contribution in [3.63, 3.8) is 0 Å². The Kier molecular flexibility index (Phi) is 16.0. The second-order valence-corrected chi connectivity index (χ2v) is 12.9. The molecule has 0 fully saturated rings. The van der Waals surface area contributed by atoms with E-state index in [1.54, 1.807) is 0 Å². The summed E-state index contributed by atoms with van der Waals surface area (Å²) in [6, 6.07) is 24.1. The van der Waals surface area contributed by atoms with Gasteiger partial charge in [-0.15, -0.1) is 0 Å². The molecule has 0 heterocycles. The number of ether oxygens (including phenoxy) is 1. The van der Waals surface area contributed by atoms with Crippen LogP contribution in [0.4, 0.5) is 4.79 Å². The Bertz CT molecular complexity index is 1250. The van der Waals surface area contributed by atoms with Gasteiger partial charge >= 0.3 is 6.09 Å². The molecule has 226 valence electrons. The molecule has 0 saturated heterocycles. The molecule has 7 heteroatoms. The van der Waals surface area contributed by atoms with Crippen molar-refractivity contribution in [1.29, 1.82) is 0 Å². The molecule has 0 radical (unpaired) electrons. The third-order valence-electron chi connectivity index (χ3n) is 5.74. The Morgan fingerprint density at radius 1 is 0.756 bits per heavy atom. The summed E-state index contributed by atoms with van der Waals surface area (Å²) < 4.78 is 31.8. The maximum atomic E-state index is 12.1. The van der Waals surface area contributed by atoms with Crippen molar-refractivity contribution in [2.75, 3.05) is 0 Å². The topological polar surface area (TPSA) is 84.5 Å². The maximum Gasteiger partial charge on any atom is 0.407 e. The molecule has 0 atom stereocenters. The fourth-order valence-corrected chi connectivity index (χ4v) is 5.76. The molecule has 0 aliphatic heterocycles. The van der Waals surface area contributed by atoms with Crippen LogP contribution >= 0.6 is 0 Å². The summed E-state index contributed by atoms with van der Waals surface area (Å²) in [5.74, 6) is 0.815. The SMILES string of the molecule is CC(C)CCc1ccccc1.CC(C)NC(=O)OCc1ccccc1.Cc1cc(C)c(S(=O)(=O)NC(C)C)c(C)c1. The van der Waals surface area contributed by atoms with Crippen LogP contribution < -0.4 is 10.0 Å². The number of alkyl carbamates (subject to hydrolysis) is 1. The van der Waals surface area contributed by atoms with Crippen LogP contribution in [-0.4, -0.2) is 26.6 Å². The first kappa shape index (κ1) is 35.9. The van der Waals surface area contributed by atoms with Crippen molar-refractivity contribution in [2.45, 2.75) is 98.7 Å². The van der Waals surface area contributed by atoms with Crippen LogP contribution in [0.15, 0.2) is 77.7 Å². The lowest BCUT2D eigenvalue weighted by molar-refractivity contribution is 0.137. The van der Waals surface area contributed by atoms with Crippen molar-refractivity contribution in [1.82, 2.24) is 10.0 Å². The van der Waals surface area contributed by atoms with Crippen LogP contribution in [0.25, 0.3) is 0 Å². The number of carbonyl (C=O) groups excluding carboxylic acids is 1. The Morgan fingerprint density at radius 2 is 1.24 bits per heavy atom. The van der Waals surface area contributed by atoms with Gasteiger partial charge in [0.05, 0.1) is 4.90 Å². The van der Waals surface area contributed by atoms with Gasteiger partial charge in [-0.2, -0.15) is 0 Å². The van der Waals surface area contributed by atoms with Crippen molar-refractivity contribution in [3.8, 4) is 0 Å². The minimum atomic E-state index is -3.39. The number of carbonyl (C=O) groups is 1. The van der Waals surface area contributed by atoms with Crippen LogP contribution in [0, 0.1) is 26.7 Å². The van der Waals surface area contributed by atoms with Gasteiger partial charge < -0.3 is 10.1 Å². The van der Waals surface area contributed by atoms with Gasteiger partial charge in [-0.1, -0.05) is 92.2 Å². The van der Waals surface area contributed by atoms with Crippen LogP contribution in [-0.2, 0) is 27.8 Å². The van der Waals surface area contributed by atoms with E-state index in [4.69, 9.17) is 4.74 Å². The Morgan fingerprint density at radius 3 is 1.68 bits per heavy atom. The van der Waals surface area contributed by atoms with Gasteiger partial charge in [-0.3, -0.25) is 0 Å². The fourth-order valence-electron chi connectivity index (χ4n) is 4.06. The number of hydrogen-bond acceptors (Lipinski definition) is 4. The quantitative estimate of drug-likeness (QED) is 0.269. The molecule has 2 N–H and O–H groups in total. The Hall–Kier alpha value is -3.16. The molecular weight excluding hydrogens is 532 g/mol. The summed E-state index contributed by atoms with van der Waals surface area (Å²) in [5.41, 5.74) is 5.13. The molecule has 0 saturated carbocycles. The number of hydrogen-bond donors (Lipinski definition) is 2. The van der Waals surface area contributed by atoms with Crippen LogP contribution in [0.3, 0.4) is 0 Å². The van der Waals surface area contributed by atoms with Crippen molar-refractivity contribution < 1.29 is 17.9 Å². The lowest BCUT2D eigenvalue weighted by atomic mass is 10.0. The number of benzene rings is 3. The van der Waals surface area contributed by atoms with E-state index in [0.717, 1.165) is 28.2 Å². The molecular formula is C34H50N2O4S. The molecule has 3 aromatic rings. The lowest BCUT2D eigenvalue weighted by Crippen LogP contribution is -2.31. The van der Waals surface area contributed by atoms with Gasteiger partial charge in [0.2, 0.25) is 10.0 Å². The van der Waals surface area contributed by atoms with Gasteiger partial charge in [0.1, 0.15) is 6.61 Å². The molecule has 0 aromatic heterocycles. The summed E-state index contributed by atoms with van der Waals surface area (Å²) in [6.45, 7) is 17.9. The highest BCUT2D eigenvalue weighted by atomic mass is 32.2. The molecule has 1 amide bonds. The first-order valence-corrected chi connectivity index (χ1v) is 15.8. The van der Waals surface area contributed by atoms with Crippen LogP contribution in [0.1, 0.15) is 75.8 Å². The molecule has 3 aromatic carbocycles. The predicted molar refractivity (Wildman–Crippen MR) is 171 cm³/mol. The average molecular weight is 583 g/mol. The van der Waals surface area contributed by atoms with Gasteiger partial charge in [0.25, 0.3) is 0 Å². The fraction of sp³-hybridized carbons (Fsp3) is 0.441. The van der Waals surface area contributed by atoms with E-state index < -0.39 is 10.0 Å². The van der Waals surface area contributed by atoms with Gasteiger partial charge in [-0.25, -0.2) is 17.9 Å². The average Bonchev–Trinajstić information content (AvgIpc) is 2.86. The van der Waals surface area contributed by atoms with Crippen LogP contribution in [0.2, 0.25) is 0 Å². The van der Waals surface area contributed by atoms with E-state index in [1.165, 1.54) is 18.4 Å². The van der Waals surface area contributed by atoms with Crippen molar-refractivity contribution >= 4 is 16.1 Å². The normalized spacial score (nSPS) is 10.9. The Balaban J connectivity index is 0.000000313. The smallest absolute Gasteiger partial charge is 0.407 e. The number of nitrogens with one attached hydrogen (secondary N) is 2. The summed E-state index contributed by atoms with van der Waals surface area (Å²) in [7, 11) is -3.39. The third-order valence-corrected chi connectivity index (χ3v) is 7.70. The number of aryl methyl sites for hydroxylation is 4. The molecule has 0 aliphatic rings. The number of sulfonamides is 1. The van der Waals surface area contributed by atoms with E-state index in [9.17, 15) is 13.2 Å². The molecule has 0 unspecified atom stereocenters. The lowest BCUT2D eigenvalue weighted by Gasteiger charge is -2.14. The second kappa shape index (κ2) is 18.3. The molecule has 0 aliphatic carbocycles. The van der Waals surface area contributed by atoms with Crippen LogP contribution in [0.5, 0.6) is 0 Å². The molecule has 41 heavy (non-hydrogen) atoms. The van der Waals surface area contributed by atoms with E-state index in [2.05, 4.69) is 54.2 Å². The Labute approximate surface area is 249 Å². The molecule has 0 spiro atoms. The van der Waals surface area contributed by atoms with Gasteiger partial charge in [0, 0.05) is 12.1 Å². The zero-order valence-corrected chi connectivity index (χ0v) is 27.1. The van der Waals surface area contributed by atoms with Crippen molar-refractivity contribution in [2.24, 2.45) is 5.92 Å². The molecule has 3 rings (SSSR count). The van der Waals surface area contributed by atoms with Crippen molar-refractivity contribution in [3.05, 3.63) is 101 Å². The van der Waals surface area contributed by atoms with E-state index in [-0.39, 0.29) is 18.2 Å². The van der Waals surface area contributed by atoms with Gasteiger partial charge in [0.15, 0.2) is 0 Å². The summed E-state index contributed by atoms with van der Waals surface area (Å²) in [4.78, 5) is 11.5. The highest BCUT2D eigenvalue weighted by molar-refractivity contribution is 7.89. The number of amides is 1. The predicted octanol–water partition coefficient (Wildman–Crippen LogP) is 7.89. The first-order chi connectivity index (χ1) is 19.2. The zero-order valence-electron chi connectivity index (χ0n) is 26.3. The van der Waals surface area contributed by atoms with Gasteiger partial charge in [-0.05, 0) is 89.5 Å². The number of rotatable bonds is 9. The minimum absolute atomic E-state index is 0.0925. The highest BCUT2D eigenvalue weighted by Gasteiger charge is 2.20. The first-order valence-electron chi connectivity index (χ1n) is 14.3. The second-order valence-electron chi connectivity index (χ2n) is 11.3. The molecule has 6 nitrogen and oxygen atoms in total. The monoisotopic (exact) mass is 582 g/mol. The van der Waals surface area contributed by atoms with E-state index in [0.29, 0.717) is 11.5 Å². The molecule has 0 bridgehead atoms. The van der Waals surface area contributed by atoms with E-state index in [1.807, 2.05) is 90.9 Å². The largest absolute Gasteiger partial charge is 0.445 e. The van der Waals surface area contributed by atoms with E-state index >= 15 is 0 Å². The minimum Gasteiger partial charge on any atom is -0.445 e. The summed E-state index contributed by atoms with van der Waals surface area (Å²) in [6.07, 6.45) is 2.14. The summed E-state index contributed by atoms with van der Waals surface area (Å²) >= 11 is 0. The summed E-state index contributed by atoms with van der Waals surface area (Å²) in [5, 5.41) is 2.65.